The molecule has 0 fully saturated rings. The lowest BCUT2D eigenvalue weighted by Crippen LogP contribution is -2.53. The van der Waals surface area contributed by atoms with E-state index in [4.69, 9.17) is 0 Å². The average molecular weight is 528 g/mol. The molecule has 198 valence electrons. The van der Waals surface area contributed by atoms with Gasteiger partial charge in [-0.2, -0.15) is 0 Å². The predicted molar refractivity (Wildman–Crippen MR) is 145 cm³/mol. The highest BCUT2D eigenvalue weighted by molar-refractivity contribution is 7.92. The standard InChI is InChI=1S/C28H34FN3O4S/c1-5-20(3)30-28(34)25(6-2)31(18-21-14-16-23(29)17-15-21)27(33)19-32(37(4,35)36)26-13-9-11-22-10-7-8-12-24(22)26/h7-17,20,25H,5-6,18-19H2,1-4H3,(H,30,34)/t20-,25+/m0/s1. The highest BCUT2D eigenvalue weighted by Crippen LogP contribution is 2.29. The first kappa shape index (κ1) is 28.1. The fourth-order valence-electron chi connectivity index (χ4n) is 4.17. The minimum absolute atomic E-state index is 0.0265. The molecule has 1 N–H and O–H groups in total. The number of carbonyl (C=O) groups excluding carboxylic acids is 2. The molecule has 0 aromatic heterocycles. The Bertz CT molecular complexity index is 1340. The van der Waals surface area contributed by atoms with Crippen LogP contribution in [0.2, 0.25) is 0 Å². The first-order valence-electron chi connectivity index (χ1n) is 12.3. The van der Waals surface area contributed by atoms with Crippen molar-refractivity contribution in [3.05, 3.63) is 78.1 Å². The molecule has 0 saturated carbocycles. The lowest BCUT2D eigenvalue weighted by Gasteiger charge is -2.33. The number of nitrogens with one attached hydrogen (secondary N) is 1. The van der Waals surface area contributed by atoms with Crippen molar-refractivity contribution in [3.8, 4) is 0 Å². The van der Waals surface area contributed by atoms with E-state index in [-0.39, 0.29) is 18.5 Å². The maximum absolute atomic E-state index is 13.8. The summed E-state index contributed by atoms with van der Waals surface area (Å²) in [4.78, 5) is 28.4. The molecule has 0 aliphatic heterocycles. The van der Waals surface area contributed by atoms with E-state index in [9.17, 15) is 22.4 Å². The van der Waals surface area contributed by atoms with Crippen LogP contribution in [0.1, 0.15) is 39.2 Å². The van der Waals surface area contributed by atoms with E-state index in [0.717, 1.165) is 22.4 Å². The molecular weight excluding hydrogens is 493 g/mol. The number of carbonyl (C=O) groups is 2. The summed E-state index contributed by atoms with van der Waals surface area (Å²) in [6.07, 6.45) is 2.10. The number of hydrogen-bond donors (Lipinski definition) is 1. The van der Waals surface area contributed by atoms with E-state index < -0.39 is 34.3 Å². The van der Waals surface area contributed by atoms with Gasteiger partial charge in [0.25, 0.3) is 0 Å². The van der Waals surface area contributed by atoms with Gasteiger partial charge in [-0.1, -0.05) is 62.4 Å². The van der Waals surface area contributed by atoms with Crippen molar-refractivity contribution in [2.75, 3.05) is 17.1 Å². The molecule has 0 spiro atoms. The molecule has 3 aromatic carbocycles. The Balaban J connectivity index is 2.01. The zero-order chi connectivity index (χ0) is 27.2. The molecule has 3 rings (SSSR count). The zero-order valence-corrected chi connectivity index (χ0v) is 22.5. The number of nitrogens with zero attached hydrogens (tertiary/aromatic N) is 2. The van der Waals surface area contributed by atoms with Crippen molar-refractivity contribution in [2.24, 2.45) is 0 Å². The molecule has 0 saturated heterocycles. The highest BCUT2D eigenvalue weighted by atomic mass is 32.2. The van der Waals surface area contributed by atoms with Gasteiger partial charge in [0.1, 0.15) is 18.4 Å². The van der Waals surface area contributed by atoms with Gasteiger partial charge < -0.3 is 10.2 Å². The number of rotatable bonds is 11. The van der Waals surface area contributed by atoms with E-state index in [1.54, 1.807) is 43.3 Å². The largest absolute Gasteiger partial charge is 0.352 e. The molecule has 0 radical (unpaired) electrons. The van der Waals surface area contributed by atoms with Crippen LogP contribution in [-0.2, 0) is 26.2 Å². The van der Waals surface area contributed by atoms with Crippen LogP contribution >= 0.6 is 0 Å². The van der Waals surface area contributed by atoms with Crippen molar-refractivity contribution < 1.29 is 22.4 Å². The molecule has 7 nitrogen and oxygen atoms in total. The average Bonchev–Trinajstić information content (AvgIpc) is 2.87. The number of benzene rings is 3. The Morgan fingerprint density at radius 1 is 0.946 bits per heavy atom. The quantitative estimate of drug-likeness (QED) is 0.399. The second-order valence-electron chi connectivity index (χ2n) is 9.16. The molecule has 3 aromatic rings. The fraction of sp³-hybridized carbons (Fsp3) is 0.357. The molecule has 9 heteroatoms. The summed E-state index contributed by atoms with van der Waals surface area (Å²) in [7, 11) is -3.86. The summed E-state index contributed by atoms with van der Waals surface area (Å²) >= 11 is 0. The normalized spacial score (nSPS) is 13.1. The SMILES string of the molecule is CC[C@H](C(=O)N[C@@H](C)CC)N(Cc1ccc(F)cc1)C(=O)CN(c1cccc2ccccc12)S(C)(=O)=O. The number of sulfonamides is 1. The summed E-state index contributed by atoms with van der Waals surface area (Å²) in [5.41, 5.74) is 1.01. The molecule has 2 atom stereocenters. The maximum Gasteiger partial charge on any atom is 0.244 e. The first-order valence-corrected chi connectivity index (χ1v) is 14.2. The van der Waals surface area contributed by atoms with Crippen LogP contribution in [0.4, 0.5) is 10.1 Å². The smallest absolute Gasteiger partial charge is 0.244 e. The third kappa shape index (κ3) is 7.07. The number of halogens is 1. The second kappa shape index (κ2) is 12.2. The van der Waals surface area contributed by atoms with Gasteiger partial charge in [-0.3, -0.25) is 13.9 Å². The third-order valence-electron chi connectivity index (χ3n) is 6.37. The predicted octanol–water partition coefficient (Wildman–Crippen LogP) is 4.47. The Kier molecular flexibility index (Phi) is 9.26. The summed E-state index contributed by atoms with van der Waals surface area (Å²) in [6.45, 7) is 5.16. The number of anilines is 1. The minimum Gasteiger partial charge on any atom is -0.352 e. The van der Waals surface area contributed by atoms with E-state index in [1.165, 1.54) is 17.0 Å². The third-order valence-corrected chi connectivity index (χ3v) is 7.49. The van der Waals surface area contributed by atoms with Crippen LogP contribution < -0.4 is 9.62 Å². The molecule has 0 aliphatic rings. The number of amides is 2. The van der Waals surface area contributed by atoms with Gasteiger partial charge in [0.05, 0.1) is 11.9 Å². The van der Waals surface area contributed by atoms with Crippen molar-refractivity contribution >= 4 is 38.3 Å². The van der Waals surface area contributed by atoms with Gasteiger partial charge in [0, 0.05) is 18.0 Å². The summed E-state index contributed by atoms with van der Waals surface area (Å²) in [5, 5.41) is 4.45. The van der Waals surface area contributed by atoms with Crippen LogP contribution in [-0.4, -0.2) is 50.0 Å². The summed E-state index contributed by atoms with van der Waals surface area (Å²) < 4.78 is 40.4. The van der Waals surface area contributed by atoms with Gasteiger partial charge in [-0.15, -0.1) is 0 Å². The van der Waals surface area contributed by atoms with E-state index >= 15 is 0 Å². The Morgan fingerprint density at radius 3 is 2.22 bits per heavy atom. The van der Waals surface area contributed by atoms with Crippen LogP contribution in [0.5, 0.6) is 0 Å². The van der Waals surface area contributed by atoms with Crippen LogP contribution in [0.3, 0.4) is 0 Å². The monoisotopic (exact) mass is 527 g/mol. The van der Waals surface area contributed by atoms with Gasteiger partial charge in [0.15, 0.2) is 0 Å². The van der Waals surface area contributed by atoms with E-state index in [2.05, 4.69) is 5.32 Å². The molecule has 37 heavy (non-hydrogen) atoms. The molecule has 0 unspecified atom stereocenters. The van der Waals surface area contributed by atoms with Crippen LogP contribution in [0.25, 0.3) is 10.8 Å². The maximum atomic E-state index is 13.8. The summed E-state index contributed by atoms with van der Waals surface area (Å²) in [6, 6.07) is 17.4. The zero-order valence-electron chi connectivity index (χ0n) is 21.6. The first-order chi connectivity index (χ1) is 17.5. The topological polar surface area (TPSA) is 86.8 Å². The Morgan fingerprint density at radius 2 is 1.59 bits per heavy atom. The second-order valence-corrected chi connectivity index (χ2v) is 11.1. The number of hydrogen-bond acceptors (Lipinski definition) is 4. The molecule has 2 amide bonds. The van der Waals surface area contributed by atoms with Gasteiger partial charge in [-0.25, -0.2) is 12.8 Å². The van der Waals surface area contributed by atoms with Gasteiger partial charge in [-0.05, 0) is 48.9 Å². The molecular formula is C28H34FN3O4S. The number of fused-ring (bicyclic) bond motifs is 1. The van der Waals surface area contributed by atoms with Gasteiger partial charge in [0.2, 0.25) is 21.8 Å². The van der Waals surface area contributed by atoms with E-state index in [1.807, 2.05) is 32.0 Å². The lowest BCUT2D eigenvalue weighted by molar-refractivity contribution is -0.140. The van der Waals surface area contributed by atoms with Crippen molar-refractivity contribution in [3.63, 3.8) is 0 Å². The Hall–Kier alpha value is -3.46. The molecule has 0 bridgehead atoms. The van der Waals surface area contributed by atoms with E-state index in [0.29, 0.717) is 23.1 Å². The minimum atomic E-state index is -3.86. The van der Waals surface area contributed by atoms with Gasteiger partial charge >= 0.3 is 0 Å². The lowest BCUT2D eigenvalue weighted by atomic mass is 10.1. The summed E-state index contributed by atoms with van der Waals surface area (Å²) in [5.74, 6) is -1.26. The highest BCUT2D eigenvalue weighted by Gasteiger charge is 2.32. The fourth-order valence-corrected chi connectivity index (χ4v) is 5.03. The van der Waals surface area contributed by atoms with Crippen LogP contribution in [0.15, 0.2) is 66.7 Å². The van der Waals surface area contributed by atoms with Crippen molar-refractivity contribution in [1.82, 2.24) is 10.2 Å². The molecule has 0 aliphatic carbocycles. The van der Waals surface area contributed by atoms with Crippen molar-refractivity contribution in [2.45, 2.75) is 52.2 Å². The Labute approximate surface area is 218 Å². The molecule has 0 heterocycles. The van der Waals surface area contributed by atoms with Crippen molar-refractivity contribution in [1.29, 1.82) is 0 Å². The van der Waals surface area contributed by atoms with Crippen LogP contribution in [0, 0.1) is 5.82 Å².